The Bertz CT molecular complexity index is 446. The van der Waals surface area contributed by atoms with Gasteiger partial charge >= 0.3 is 0 Å². The molecule has 0 aliphatic rings. The summed E-state index contributed by atoms with van der Waals surface area (Å²) in [6.45, 7) is 0.987. The van der Waals surface area contributed by atoms with Crippen LogP contribution in [0.25, 0.3) is 0 Å². The Morgan fingerprint density at radius 2 is 0.553 bits per heavy atom. The molecule has 0 aromatic heterocycles. The molecule has 0 aromatic carbocycles. The highest BCUT2D eigenvalue weighted by Crippen LogP contribution is 2.16. The van der Waals surface area contributed by atoms with E-state index in [1.807, 2.05) is 0 Å². The van der Waals surface area contributed by atoms with E-state index in [9.17, 15) is 0 Å². The van der Waals surface area contributed by atoms with Gasteiger partial charge in [-0.05, 0) is 12.8 Å². The van der Waals surface area contributed by atoms with Gasteiger partial charge in [0.15, 0.2) is 0 Å². The van der Waals surface area contributed by atoms with Crippen molar-refractivity contribution in [2.75, 3.05) is 11.9 Å². The summed E-state index contributed by atoms with van der Waals surface area (Å²) in [5.41, 5.74) is 0. The highest BCUT2D eigenvalue weighted by atomic mass is 79.9. The van der Waals surface area contributed by atoms with Gasteiger partial charge in [-0.1, -0.05) is 214 Å². The van der Waals surface area contributed by atoms with Gasteiger partial charge in [-0.25, -0.2) is 0 Å². The molecule has 38 heavy (non-hydrogen) atoms. The highest BCUT2D eigenvalue weighted by molar-refractivity contribution is 9.09. The van der Waals surface area contributed by atoms with E-state index in [1.54, 1.807) is 0 Å². The molecular weight excluding hydrogens is 566 g/mol. The zero-order valence-electron chi connectivity index (χ0n) is 25.6. The fourth-order valence-corrected chi connectivity index (χ4v) is 6.15. The van der Waals surface area contributed by atoms with Crippen LogP contribution in [-0.2, 0) is 0 Å². The van der Waals surface area contributed by atoms with Gasteiger partial charge in [0.2, 0.25) is 0 Å². The first-order valence-electron chi connectivity index (χ1n) is 17.3. The van der Waals surface area contributed by atoms with E-state index in [1.165, 1.54) is 204 Å². The van der Waals surface area contributed by atoms with Crippen LogP contribution in [-0.4, -0.2) is 16.2 Å². The maximum absolute atomic E-state index is 4.90. The molecule has 0 spiro atoms. The molecule has 0 radical (unpaired) electrons. The molecular formula is C34H68BrNS2. The van der Waals surface area contributed by atoms with Gasteiger partial charge in [-0.15, -0.1) is 12.6 Å². The van der Waals surface area contributed by atoms with Gasteiger partial charge in [-0.2, -0.15) is 0 Å². The molecule has 0 heterocycles. The third kappa shape index (κ3) is 36.7. The Hall–Kier alpha value is 0.720. The van der Waals surface area contributed by atoms with E-state index >= 15 is 0 Å². The summed E-state index contributed by atoms with van der Waals surface area (Å²) < 4.78 is 0.630. The van der Waals surface area contributed by atoms with Gasteiger partial charge < -0.3 is 5.32 Å². The van der Waals surface area contributed by atoms with E-state index in [0.717, 1.165) is 6.54 Å². The van der Waals surface area contributed by atoms with Crippen molar-refractivity contribution < 1.29 is 0 Å². The van der Waals surface area contributed by atoms with Crippen LogP contribution < -0.4 is 5.32 Å². The lowest BCUT2D eigenvalue weighted by atomic mass is 10.0. The highest BCUT2D eigenvalue weighted by Gasteiger charge is 1.97. The summed E-state index contributed by atoms with van der Waals surface area (Å²) in [5, 5.41) is 4.30. The van der Waals surface area contributed by atoms with Gasteiger partial charge in [0.1, 0.15) is 4.32 Å². The molecule has 0 saturated heterocycles. The zero-order chi connectivity index (χ0) is 27.6. The van der Waals surface area contributed by atoms with Crippen LogP contribution in [0, 0.1) is 0 Å². The molecule has 0 rings (SSSR count). The number of alkyl halides is 1. The van der Waals surface area contributed by atoms with Crippen molar-refractivity contribution in [2.45, 2.75) is 199 Å². The molecule has 1 N–H and O–H groups in total. The van der Waals surface area contributed by atoms with Crippen LogP contribution >= 0.6 is 40.8 Å². The number of thiocarbonyl (C=S) groups is 1. The summed E-state index contributed by atoms with van der Waals surface area (Å²) >= 11 is 12.5. The molecule has 0 aliphatic heterocycles. The van der Waals surface area contributed by atoms with Crippen molar-refractivity contribution >= 4 is 45.1 Å². The third-order valence-electron chi connectivity index (χ3n) is 8.09. The molecule has 0 bridgehead atoms. The van der Waals surface area contributed by atoms with Gasteiger partial charge in [0, 0.05) is 11.9 Å². The van der Waals surface area contributed by atoms with Crippen molar-refractivity contribution in [1.29, 1.82) is 0 Å². The van der Waals surface area contributed by atoms with Crippen LogP contribution in [0.1, 0.15) is 199 Å². The topological polar surface area (TPSA) is 12.0 Å². The van der Waals surface area contributed by atoms with Gasteiger partial charge in [0.25, 0.3) is 0 Å². The SMILES string of the molecule is S=C(S)NCCCCCCCCCCCCCCCCCCCCCCCCCCCCCCCCCBr. The predicted octanol–water partition coefficient (Wildman–Crippen LogP) is 13.3. The molecule has 0 fully saturated rings. The van der Waals surface area contributed by atoms with Gasteiger partial charge in [0.05, 0.1) is 0 Å². The van der Waals surface area contributed by atoms with Gasteiger partial charge in [-0.3, -0.25) is 0 Å². The number of thiol groups is 1. The number of unbranched alkanes of at least 4 members (excludes halogenated alkanes) is 30. The van der Waals surface area contributed by atoms with Crippen LogP contribution in [0.5, 0.6) is 0 Å². The number of hydrogen-bond donors (Lipinski definition) is 2. The van der Waals surface area contributed by atoms with E-state index < -0.39 is 0 Å². The molecule has 0 aromatic rings. The summed E-state index contributed by atoms with van der Waals surface area (Å²) in [4.78, 5) is 0. The lowest BCUT2D eigenvalue weighted by Gasteiger charge is -2.05. The first-order valence-corrected chi connectivity index (χ1v) is 19.3. The minimum atomic E-state index is 0.630. The second-order valence-electron chi connectivity index (χ2n) is 11.9. The average Bonchev–Trinajstić information content (AvgIpc) is 2.91. The minimum Gasteiger partial charge on any atom is -0.371 e. The van der Waals surface area contributed by atoms with Crippen molar-refractivity contribution in [3.05, 3.63) is 0 Å². The van der Waals surface area contributed by atoms with Crippen molar-refractivity contribution in [3.63, 3.8) is 0 Å². The second-order valence-corrected chi connectivity index (χ2v) is 13.8. The number of halogens is 1. The molecule has 0 amide bonds. The standard InChI is InChI=1S/C34H68BrNS2/c35-32-30-28-26-24-22-20-18-16-14-12-10-8-6-4-2-1-3-5-7-9-11-13-15-17-19-21-23-25-27-29-31-33-36-34(37)38/h1-33H2,(H2,36,37,38). The minimum absolute atomic E-state index is 0.630. The Kier molecular flexibility index (Phi) is 36.4. The quantitative estimate of drug-likeness (QED) is 0.0322. The lowest BCUT2D eigenvalue weighted by Crippen LogP contribution is -2.17. The molecule has 228 valence electrons. The molecule has 0 aliphatic carbocycles. The first kappa shape index (κ1) is 38.7. The summed E-state index contributed by atoms with van der Waals surface area (Å²) in [6, 6.07) is 0. The van der Waals surface area contributed by atoms with E-state index in [2.05, 4.69) is 33.9 Å². The number of nitrogens with one attached hydrogen (secondary N) is 1. The van der Waals surface area contributed by atoms with Crippen molar-refractivity contribution in [2.24, 2.45) is 0 Å². The van der Waals surface area contributed by atoms with E-state index in [4.69, 9.17) is 12.2 Å². The molecule has 1 nitrogen and oxygen atoms in total. The molecule has 0 saturated carbocycles. The average molecular weight is 635 g/mol. The van der Waals surface area contributed by atoms with Crippen LogP contribution in [0.15, 0.2) is 0 Å². The van der Waals surface area contributed by atoms with E-state index in [0.29, 0.717) is 4.32 Å². The first-order chi connectivity index (χ1) is 18.8. The fraction of sp³-hybridized carbons (Fsp3) is 0.971. The number of rotatable bonds is 33. The molecule has 0 unspecified atom stereocenters. The Balaban J connectivity index is 3.02. The predicted molar refractivity (Wildman–Crippen MR) is 187 cm³/mol. The number of hydrogen-bond acceptors (Lipinski definition) is 1. The lowest BCUT2D eigenvalue weighted by molar-refractivity contribution is 0.512. The maximum atomic E-state index is 4.90. The molecule has 0 atom stereocenters. The van der Waals surface area contributed by atoms with E-state index in [-0.39, 0.29) is 0 Å². The third-order valence-corrected chi connectivity index (χ3v) is 8.95. The van der Waals surface area contributed by atoms with Crippen molar-refractivity contribution in [3.8, 4) is 0 Å². The van der Waals surface area contributed by atoms with Crippen LogP contribution in [0.4, 0.5) is 0 Å². The van der Waals surface area contributed by atoms with Crippen LogP contribution in [0.3, 0.4) is 0 Å². The summed E-state index contributed by atoms with van der Waals surface area (Å²) in [6.07, 6.45) is 44.9. The maximum Gasteiger partial charge on any atom is 0.130 e. The normalized spacial score (nSPS) is 11.3. The summed E-state index contributed by atoms with van der Waals surface area (Å²) in [7, 11) is 0. The van der Waals surface area contributed by atoms with Crippen molar-refractivity contribution in [1.82, 2.24) is 5.32 Å². The largest absolute Gasteiger partial charge is 0.371 e. The van der Waals surface area contributed by atoms with Crippen LogP contribution in [0.2, 0.25) is 0 Å². The Morgan fingerprint density at radius 1 is 0.368 bits per heavy atom. The summed E-state index contributed by atoms with van der Waals surface area (Å²) in [5.74, 6) is 0. The smallest absolute Gasteiger partial charge is 0.130 e. The monoisotopic (exact) mass is 633 g/mol. The fourth-order valence-electron chi connectivity index (χ4n) is 5.54. The Labute approximate surface area is 260 Å². The Morgan fingerprint density at radius 3 is 0.737 bits per heavy atom. The second kappa shape index (κ2) is 35.7. The zero-order valence-corrected chi connectivity index (χ0v) is 28.9. The molecule has 4 heteroatoms.